The highest BCUT2D eigenvalue weighted by atomic mass is 16.5. The summed E-state index contributed by atoms with van der Waals surface area (Å²) >= 11 is 0. The van der Waals surface area contributed by atoms with Gasteiger partial charge in [0.05, 0.1) is 18.6 Å². The molecule has 0 aromatic heterocycles. The van der Waals surface area contributed by atoms with Gasteiger partial charge in [-0.25, -0.2) is 0 Å². The van der Waals surface area contributed by atoms with E-state index in [9.17, 15) is 4.79 Å². The van der Waals surface area contributed by atoms with E-state index in [2.05, 4.69) is 0 Å². The molecule has 0 atom stereocenters. The molecule has 1 aromatic carbocycles. The Morgan fingerprint density at radius 2 is 1.81 bits per heavy atom. The fourth-order valence-electron chi connectivity index (χ4n) is 2.76. The summed E-state index contributed by atoms with van der Waals surface area (Å²) in [6.07, 6.45) is 5.72. The van der Waals surface area contributed by atoms with E-state index in [1.165, 1.54) is 12.8 Å². The molecular formula is C17H22O4. The van der Waals surface area contributed by atoms with Crippen LogP contribution in [0.25, 0.3) is 0 Å². The minimum absolute atomic E-state index is 0.124. The fraction of sp³-hybridized carbons (Fsp3) is 0.588. The number of ether oxygens (including phenoxy) is 2. The Labute approximate surface area is 125 Å². The molecule has 0 amide bonds. The molecule has 2 aliphatic carbocycles. The number of hydrogen-bond acceptors (Lipinski definition) is 3. The van der Waals surface area contributed by atoms with Crippen molar-refractivity contribution in [1.29, 1.82) is 0 Å². The standard InChI is InChI=1S/C17H22O4/c18-17(19)13-6-8-14(9-7-13)21-16-3-1-2-15(10-16)20-11-12-4-5-12/h1-3,10,12-14H,4-9,11H2,(H,18,19). The molecule has 1 N–H and O–H groups in total. The molecule has 0 spiro atoms. The second kappa shape index (κ2) is 6.37. The first kappa shape index (κ1) is 14.2. The Bertz CT molecular complexity index is 487. The molecule has 0 bridgehead atoms. The number of rotatable bonds is 6. The van der Waals surface area contributed by atoms with Crippen molar-refractivity contribution in [3.8, 4) is 11.5 Å². The van der Waals surface area contributed by atoms with Crippen LogP contribution in [0.1, 0.15) is 38.5 Å². The normalized spacial score (nSPS) is 25.3. The second-order valence-corrected chi connectivity index (χ2v) is 6.16. The summed E-state index contributed by atoms with van der Waals surface area (Å²) in [6, 6.07) is 7.77. The Hall–Kier alpha value is -1.71. The molecular weight excluding hydrogens is 268 g/mol. The molecule has 1 aromatic rings. The van der Waals surface area contributed by atoms with Gasteiger partial charge in [-0.2, -0.15) is 0 Å². The van der Waals surface area contributed by atoms with Gasteiger partial charge in [0.2, 0.25) is 0 Å². The first-order valence-corrected chi connectivity index (χ1v) is 7.83. The van der Waals surface area contributed by atoms with Crippen molar-refractivity contribution in [3.05, 3.63) is 24.3 Å². The van der Waals surface area contributed by atoms with E-state index in [1.807, 2.05) is 24.3 Å². The summed E-state index contributed by atoms with van der Waals surface area (Å²) in [6.45, 7) is 0.799. The van der Waals surface area contributed by atoms with Crippen LogP contribution in [0.3, 0.4) is 0 Å². The molecule has 0 aliphatic heterocycles. The van der Waals surface area contributed by atoms with Gasteiger partial charge >= 0.3 is 5.97 Å². The predicted octanol–water partition coefficient (Wildman–Crippen LogP) is 3.50. The van der Waals surface area contributed by atoms with Crippen molar-refractivity contribution >= 4 is 5.97 Å². The van der Waals surface area contributed by atoms with Crippen molar-refractivity contribution in [2.75, 3.05) is 6.61 Å². The minimum atomic E-state index is -0.677. The van der Waals surface area contributed by atoms with Crippen molar-refractivity contribution in [2.45, 2.75) is 44.6 Å². The van der Waals surface area contributed by atoms with Crippen LogP contribution in [0, 0.1) is 11.8 Å². The number of aliphatic carboxylic acids is 1. The van der Waals surface area contributed by atoms with Gasteiger partial charge in [0.15, 0.2) is 0 Å². The molecule has 0 saturated heterocycles. The maximum Gasteiger partial charge on any atom is 0.306 e. The molecule has 0 radical (unpaired) electrons. The van der Waals surface area contributed by atoms with E-state index in [-0.39, 0.29) is 12.0 Å². The Balaban J connectivity index is 1.50. The summed E-state index contributed by atoms with van der Waals surface area (Å²) in [5.41, 5.74) is 0. The third-order valence-electron chi connectivity index (χ3n) is 4.31. The largest absolute Gasteiger partial charge is 0.493 e. The van der Waals surface area contributed by atoms with Gasteiger partial charge in [-0.3, -0.25) is 4.79 Å². The lowest BCUT2D eigenvalue weighted by atomic mass is 9.87. The van der Waals surface area contributed by atoms with Crippen LogP contribution in [0.5, 0.6) is 11.5 Å². The molecule has 3 rings (SSSR count). The molecule has 2 fully saturated rings. The summed E-state index contributed by atoms with van der Waals surface area (Å²) in [5.74, 6) is 1.54. The topological polar surface area (TPSA) is 55.8 Å². The van der Waals surface area contributed by atoms with Crippen LogP contribution in [0.4, 0.5) is 0 Å². The average Bonchev–Trinajstić information content (AvgIpc) is 3.30. The first-order chi connectivity index (χ1) is 10.2. The number of benzene rings is 1. The zero-order valence-electron chi connectivity index (χ0n) is 12.2. The quantitative estimate of drug-likeness (QED) is 0.871. The zero-order chi connectivity index (χ0) is 14.7. The maximum absolute atomic E-state index is 10.9. The molecule has 0 unspecified atom stereocenters. The summed E-state index contributed by atoms with van der Waals surface area (Å²) in [5, 5.41) is 9.00. The van der Waals surface area contributed by atoms with E-state index in [1.54, 1.807) is 0 Å². The van der Waals surface area contributed by atoms with Crippen LogP contribution in [0.2, 0.25) is 0 Å². The van der Waals surface area contributed by atoms with E-state index in [4.69, 9.17) is 14.6 Å². The lowest BCUT2D eigenvalue weighted by molar-refractivity contribution is -0.143. The number of hydrogen-bond donors (Lipinski definition) is 1. The van der Waals surface area contributed by atoms with Gasteiger partial charge in [0, 0.05) is 6.07 Å². The van der Waals surface area contributed by atoms with Crippen molar-refractivity contribution in [1.82, 2.24) is 0 Å². The van der Waals surface area contributed by atoms with Gasteiger partial charge in [-0.1, -0.05) is 6.07 Å². The highest BCUT2D eigenvalue weighted by Gasteiger charge is 2.27. The third kappa shape index (κ3) is 4.13. The summed E-state index contributed by atoms with van der Waals surface area (Å²) in [4.78, 5) is 10.9. The van der Waals surface area contributed by atoms with Crippen LogP contribution in [-0.4, -0.2) is 23.8 Å². The first-order valence-electron chi connectivity index (χ1n) is 7.83. The predicted molar refractivity (Wildman–Crippen MR) is 78.7 cm³/mol. The number of carbonyl (C=O) groups is 1. The van der Waals surface area contributed by atoms with Crippen LogP contribution >= 0.6 is 0 Å². The summed E-state index contributed by atoms with van der Waals surface area (Å²) in [7, 11) is 0. The molecule has 4 heteroatoms. The van der Waals surface area contributed by atoms with E-state index in [0.717, 1.165) is 36.9 Å². The van der Waals surface area contributed by atoms with Crippen LogP contribution in [0.15, 0.2) is 24.3 Å². The Morgan fingerprint density at radius 1 is 1.10 bits per heavy atom. The molecule has 21 heavy (non-hydrogen) atoms. The smallest absolute Gasteiger partial charge is 0.306 e. The number of carboxylic acid groups (broad SMARTS) is 1. The van der Waals surface area contributed by atoms with Crippen LogP contribution < -0.4 is 9.47 Å². The lowest BCUT2D eigenvalue weighted by Gasteiger charge is -2.26. The van der Waals surface area contributed by atoms with Crippen molar-refractivity contribution in [3.63, 3.8) is 0 Å². The molecule has 2 aliphatic rings. The number of carboxylic acids is 1. The maximum atomic E-state index is 10.9. The van der Waals surface area contributed by atoms with Crippen molar-refractivity contribution in [2.24, 2.45) is 11.8 Å². The molecule has 0 heterocycles. The zero-order valence-corrected chi connectivity index (χ0v) is 12.2. The highest BCUT2D eigenvalue weighted by Crippen LogP contribution is 2.31. The van der Waals surface area contributed by atoms with Crippen molar-refractivity contribution < 1.29 is 19.4 Å². The fourth-order valence-corrected chi connectivity index (χ4v) is 2.76. The second-order valence-electron chi connectivity index (χ2n) is 6.16. The molecule has 4 nitrogen and oxygen atoms in total. The van der Waals surface area contributed by atoms with Gasteiger partial charge in [0.1, 0.15) is 11.5 Å². The van der Waals surface area contributed by atoms with E-state index >= 15 is 0 Å². The van der Waals surface area contributed by atoms with Gasteiger partial charge in [-0.05, 0) is 56.6 Å². The summed E-state index contributed by atoms with van der Waals surface area (Å²) < 4.78 is 11.7. The highest BCUT2D eigenvalue weighted by molar-refractivity contribution is 5.70. The third-order valence-corrected chi connectivity index (χ3v) is 4.31. The Kier molecular flexibility index (Phi) is 4.32. The van der Waals surface area contributed by atoms with Gasteiger partial charge in [0.25, 0.3) is 0 Å². The van der Waals surface area contributed by atoms with Gasteiger partial charge < -0.3 is 14.6 Å². The van der Waals surface area contributed by atoms with Gasteiger partial charge in [-0.15, -0.1) is 0 Å². The van der Waals surface area contributed by atoms with Crippen LogP contribution in [-0.2, 0) is 4.79 Å². The molecule has 2 saturated carbocycles. The average molecular weight is 290 g/mol. The van der Waals surface area contributed by atoms with E-state index in [0.29, 0.717) is 12.8 Å². The van der Waals surface area contributed by atoms with E-state index < -0.39 is 5.97 Å². The SMILES string of the molecule is O=C(O)C1CCC(Oc2cccc(OCC3CC3)c2)CC1. The minimum Gasteiger partial charge on any atom is -0.493 e. The lowest BCUT2D eigenvalue weighted by Crippen LogP contribution is -2.27. The Morgan fingerprint density at radius 3 is 2.48 bits per heavy atom. The monoisotopic (exact) mass is 290 g/mol. The molecule has 114 valence electrons.